The molecule has 266 valence electrons. The Kier molecular flexibility index (Phi) is 10.5. The molecule has 0 aromatic rings. The van der Waals surface area contributed by atoms with Gasteiger partial charge in [0.1, 0.15) is 0 Å². The average Bonchev–Trinajstić information content (AvgIpc) is 3.86. The van der Waals surface area contributed by atoms with Crippen molar-refractivity contribution < 1.29 is 5.11 Å². The van der Waals surface area contributed by atoms with Crippen LogP contribution in [-0.4, -0.2) is 97.8 Å². The van der Waals surface area contributed by atoms with E-state index in [0.29, 0.717) is 34.9 Å². The van der Waals surface area contributed by atoms with Gasteiger partial charge in [0.15, 0.2) is 0 Å². The predicted octanol–water partition coefficient (Wildman–Crippen LogP) is 6.67. The summed E-state index contributed by atoms with van der Waals surface area (Å²) in [6.07, 6.45) is 30.7. The summed E-state index contributed by atoms with van der Waals surface area (Å²) in [6, 6.07) is 4.13. The van der Waals surface area contributed by atoms with Crippen molar-refractivity contribution in [1.82, 2.24) is 25.8 Å². The van der Waals surface area contributed by atoms with Gasteiger partial charge >= 0.3 is 0 Å². The Morgan fingerprint density at radius 1 is 0.532 bits per heavy atom. The first-order chi connectivity index (χ1) is 23.2. The highest BCUT2D eigenvalue weighted by atomic mass is 32.2. The third kappa shape index (κ3) is 7.01. The van der Waals surface area contributed by atoms with Crippen LogP contribution in [0.1, 0.15) is 141 Å². The molecule has 47 heavy (non-hydrogen) atoms. The van der Waals surface area contributed by atoms with Crippen molar-refractivity contribution in [2.75, 3.05) is 13.1 Å². The summed E-state index contributed by atoms with van der Waals surface area (Å²) in [4.78, 5) is 5.80. The zero-order chi connectivity index (χ0) is 31.3. The molecule has 0 amide bonds. The lowest BCUT2D eigenvalue weighted by atomic mass is 9.75. The van der Waals surface area contributed by atoms with Crippen LogP contribution in [0.2, 0.25) is 0 Å². The van der Waals surface area contributed by atoms with Crippen molar-refractivity contribution in [3.8, 4) is 0 Å². The highest BCUT2D eigenvalue weighted by Crippen LogP contribution is 2.47. The van der Waals surface area contributed by atoms with Crippen LogP contribution in [0.3, 0.4) is 0 Å². The molecule has 0 aromatic carbocycles. The van der Waals surface area contributed by atoms with Crippen LogP contribution < -0.4 is 16.0 Å². The minimum absolute atomic E-state index is 0.146. The molecule has 9 fully saturated rings. The number of rotatable bonds is 6. The average molecular weight is 686 g/mol. The molecule has 0 bridgehead atoms. The van der Waals surface area contributed by atoms with Gasteiger partial charge in [0.05, 0.1) is 23.0 Å². The van der Waals surface area contributed by atoms with Gasteiger partial charge in [0.2, 0.25) is 0 Å². The van der Waals surface area contributed by atoms with E-state index in [0.717, 1.165) is 52.9 Å². The first-order valence-electron chi connectivity index (χ1n) is 20.9. The van der Waals surface area contributed by atoms with E-state index < -0.39 is 0 Å². The largest absolute Gasteiger partial charge is 0.393 e. The maximum Gasteiger partial charge on any atom is 0.0600 e. The number of aliphatic hydroxyl groups excluding tert-OH is 1. The molecule has 0 spiro atoms. The molecule has 11 atom stereocenters. The van der Waals surface area contributed by atoms with Crippen LogP contribution in [0.5, 0.6) is 0 Å². The van der Waals surface area contributed by atoms with Crippen LogP contribution in [0.25, 0.3) is 0 Å². The van der Waals surface area contributed by atoms with Gasteiger partial charge in [-0.05, 0) is 134 Å². The van der Waals surface area contributed by atoms with Crippen molar-refractivity contribution in [2.24, 2.45) is 17.8 Å². The summed E-state index contributed by atoms with van der Waals surface area (Å²) in [7, 11) is 0. The molecule has 4 aliphatic heterocycles. The normalized spacial score (nSPS) is 51.1. The molecule has 5 saturated carbocycles. The monoisotopic (exact) mass is 685 g/mol. The summed E-state index contributed by atoms with van der Waals surface area (Å²) in [5.74, 6) is 2.16. The van der Waals surface area contributed by atoms with Gasteiger partial charge in [0.25, 0.3) is 0 Å². The van der Waals surface area contributed by atoms with Crippen molar-refractivity contribution in [3.63, 3.8) is 0 Å². The topological polar surface area (TPSA) is 62.8 Å². The molecule has 9 aliphatic rings. The van der Waals surface area contributed by atoms with Crippen LogP contribution in [0.4, 0.5) is 0 Å². The summed E-state index contributed by atoms with van der Waals surface area (Å²) in [5, 5.41) is 27.3. The smallest absolute Gasteiger partial charge is 0.0600 e. The fourth-order valence-electron chi connectivity index (χ4n) is 12.7. The third-order valence-electron chi connectivity index (χ3n) is 15.2. The number of nitrogens with one attached hydrogen (secondary N) is 3. The number of nitrogens with zero attached hydrogens (tertiary/aromatic N) is 2. The number of thioether (sulfide) groups is 2. The zero-order valence-electron chi connectivity index (χ0n) is 29.3. The maximum atomic E-state index is 11.8. The fraction of sp³-hybridized carbons (Fsp3) is 1.00. The van der Waals surface area contributed by atoms with E-state index in [1.165, 1.54) is 148 Å². The second-order valence-corrected chi connectivity index (χ2v) is 20.6. The second kappa shape index (κ2) is 14.8. The molecular formula is C39H67N5OS2. The van der Waals surface area contributed by atoms with E-state index in [1.54, 1.807) is 0 Å². The molecular weight excluding hydrogens is 619 g/mol. The van der Waals surface area contributed by atoms with E-state index >= 15 is 0 Å². The molecule has 4 N–H and O–H groups in total. The third-order valence-corrected chi connectivity index (χ3v) is 18.7. The minimum Gasteiger partial charge on any atom is -0.393 e. The number of piperidine rings is 1. The molecule has 11 unspecified atom stereocenters. The van der Waals surface area contributed by atoms with Gasteiger partial charge < -0.3 is 15.7 Å². The molecule has 9 rings (SSSR count). The standard InChI is InChI=1S/C39H67N5OS2/c45-34-23-29(20-21-30(34)33-24-43-22-6-5-11-37(43)40-33)44(27-16-12-25(13-17-27)38-41-31-7-1-3-9-35(31)46-38)28-18-14-26(15-19-28)39-42-32-8-2-4-10-36(32)47-39/h25-42,45H,1-24H2. The SMILES string of the molecule is OC1CC(N(C2CCC(C3NC4CCCCC4S3)CC2)C2CCC(C3NC4CCCCC4S3)CC2)CCC1C1CN2CCCCC2N1. The molecule has 4 saturated heterocycles. The highest BCUT2D eigenvalue weighted by Gasteiger charge is 2.47. The van der Waals surface area contributed by atoms with E-state index in [-0.39, 0.29) is 6.10 Å². The van der Waals surface area contributed by atoms with Crippen LogP contribution in [-0.2, 0) is 0 Å². The van der Waals surface area contributed by atoms with E-state index in [2.05, 4.69) is 49.3 Å². The molecule has 4 heterocycles. The van der Waals surface area contributed by atoms with Crippen molar-refractivity contribution >= 4 is 23.5 Å². The molecule has 0 aromatic heterocycles. The number of fused-ring (bicyclic) bond motifs is 3. The number of hydrogen-bond acceptors (Lipinski definition) is 8. The molecule has 5 aliphatic carbocycles. The summed E-state index contributed by atoms with van der Waals surface area (Å²) in [6.45, 7) is 2.42. The maximum absolute atomic E-state index is 11.8. The fourth-order valence-corrected chi connectivity index (χ4v) is 16.3. The van der Waals surface area contributed by atoms with Crippen LogP contribution in [0, 0.1) is 17.8 Å². The van der Waals surface area contributed by atoms with Crippen molar-refractivity contribution in [1.29, 1.82) is 0 Å². The van der Waals surface area contributed by atoms with E-state index in [4.69, 9.17) is 0 Å². The van der Waals surface area contributed by atoms with Crippen LogP contribution in [0.15, 0.2) is 0 Å². The Labute approximate surface area is 295 Å². The second-order valence-electron chi connectivity index (χ2n) is 17.9. The predicted molar refractivity (Wildman–Crippen MR) is 198 cm³/mol. The summed E-state index contributed by atoms with van der Waals surface area (Å²) < 4.78 is 0. The van der Waals surface area contributed by atoms with Gasteiger partial charge in [-0.3, -0.25) is 15.1 Å². The quantitative estimate of drug-likeness (QED) is 0.248. The molecule has 6 nitrogen and oxygen atoms in total. The Hall–Kier alpha value is 0.460. The minimum atomic E-state index is -0.146. The van der Waals surface area contributed by atoms with Crippen LogP contribution >= 0.6 is 23.5 Å². The van der Waals surface area contributed by atoms with E-state index in [1.807, 2.05) is 0 Å². The Balaban J connectivity index is 0.850. The van der Waals surface area contributed by atoms with Gasteiger partial charge in [-0.2, -0.15) is 0 Å². The highest BCUT2D eigenvalue weighted by molar-refractivity contribution is 8.01. The Bertz CT molecular complexity index is 943. The van der Waals surface area contributed by atoms with E-state index in [9.17, 15) is 5.11 Å². The van der Waals surface area contributed by atoms with Gasteiger partial charge in [0, 0.05) is 59.2 Å². The summed E-state index contributed by atoms with van der Waals surface area (Å²) in [5.41, 5.74) is 0. The van der Waals surface area contributed by atoms with Gasteiger partial charge in [-0.1, -0.05) is 25.7 Å². The summed E-state index contributed by atoms with van der Waals surface area (Å²) >= 11 is 4.66. The van der Waals surface area contributed by atoms with Gasteiger partial charge in [-0.15, -0.1) is 23.5 Å². The lowest BCUT2D eigenvalue weighted by Crippen LogP contribution is -2.56. The molecule has 0 radical (unpaired) electrons. The lowest BCUT2D eigenvalue weighted by Gasteiger charge is -2.51. The lowest BCUT2D eigenvalue weighted by molar-refractivity contribution is -0.0401. The first kappa shape index (κ1) is 33.3. The van der Waals surface area contributed by atoms with Gasteiger partial charge in [-0.25, -0.2) is 0 Å². The first-order valence-corrected chi connectivity index (χ1v) is 22.8. The zero-order valence-corrected chi connectivity index (χ0v) is 30.9. The molecule has 8 heteroatoms. The number of aliphatic hydroxyl groups is 1. The van der Waals surface area contributed by atoms with Crippen molar-refractivity contribution in [2.45, 2.75) is 211 Å². The Morgan fingerprint density at radius 2 is 1.09 bits per heavy atom. The number of hydrogen-bond donors (Lipinski definition) is 4. The van der Waals surface area contributed by atoms with Crippen molar-refractivity contribution in [3.05, 3.63) is 0 Å². The Morgan fingerprint density at radius 3 is 1.64 bits per heavy atom.